The summed E-state index contributed by atoms with van der Waals surface area (Å²) in [7, 11) is 1.67. The highest BCUT2D eigenvalue weighted by Gasteiger charge is 2.09. The molecule has 2 rings (SSSR count). The highest BCUT2D eigenvalue weighted by Crippen LogP contribution is 2.26. The molecule has 0 spiro atoms. The maximum absolute atomic E-state index is 5.84. The molecule has 0 unspecified atom stereocenters. The van der Waals surface area contributed by atoms with E-state index in [1.165, 1.54) is 11.3 Å². The molecule has 0 bridgehead atoms. The van der Waals surface area contributed by atoms with Crippen LogP contribution in [0.2, 0.25) is 0 Å². The van der Waals surface area contributed by atoms with Crippen molar-refractivity contribution in [1.82, 2.24) is 4.90 Å². The van der Waals surface area contributed by atoms with Crippen molar-refractivity contribution in [3.05, 3.63) is 18.2 Å². The van der Waals surface area contributed by atoms with Crippen LogP contribution in [-0.2, 0) is 4.74 Å². The van der Waals surface area contributed by atoms with Gasteiger partial charge in [-0.1, -0.05) is 0 Å². The van der Waals surface area contributed by atoms with Gasteiger partial charge in [0, 0.05) is 29.7 Å². The van der Waals surface area contributed by atoms with E-state index in [2.05, 4.69) is 4.90 Å². The number of nitrogen functional groups attached to an aromatic ring is 1. The SMILES string of the molecule is COc1cc(N)cc(SCCCN2CCOCC2)c1. The van der Waals surface area contributed by atoms with Crippen molar-refractivity contribution in [2.45, 2.75) is 11.3 Å². The monoisotopic (exact) mass is 282 g/mol. The summed E-state index contributed by atoms with van der Waals surface area (Å²) < 4.78 is 10.6. The minimum atomic E-state index is 0.759. The second kappa shape index (κ2) is 7.62. The Labute approximate surface area is 119 Å². The molecule has 0 saturated carbocycles. The molecule has 0 amide bonds. The van der Waals surface area contributed by atoms with Crippen molar-refractivity contribution < 1.29 is 9.47 Å². The van der Waals surface area contributed by atoms with E-state index in [4.69, 9.17) is 15.2 Å². The van der Waals surface area contributed by atoms with E-state index >= 15 is 0 Å². The Kier molecular flexibility index (Phi) is 5.82. The Balaban J connectivity index is 1.71. The number of ether oxygens (including phenoxy) is 2. The summed E-state index contributed by atoms with van der Waals surface area (Å²) >= 11 is 1.83. The molecule has 2 N–H and O–H groups in total. The Morgan fingerprint density at radius 1 is 1.32 bits per heavy atom. The van der Waals surface area contributed by atoms with E-state index in [0.29, 0.717) is 0 Å². The molecule has 4 nitrogen and oxygen atoms in total. The number of hydrogen-bond donors (Lipinski definition) is 1. The van der Waals surface area contributed by atoms with Crippen LogP contribution in [-0.4, -0.2) is 50.6 Å². The first-order valence-corrected chi connectivity index (χ1v) is 7.64. The first-order chi connectivity index (χ1) is 9.28. The third-order valence-corrected chi connectivity index (χ3v) is 4.19. The van der Waals surface area contributed by atoms with Crippen LogP contribution in [0.4, 0.5) is 5.69 Å². The maximum Gasteiger partial charge on any atom is 0.122 e. The summed E-state index contributed by atoms with van der Waals surface area (Å²) in [5.41, 5.74) is 6.60. The Morgan fingerprint density at radius 3 is 2.84 bits per heavy atom. The van der Waals surface area contributed by atoms with Crippen LogP contribution < -0.4 is 10.5 Å². The summed E-state index contributed by atoms with van der Waals surface area (Å²) in [6.45, 7) is 5.03. The third-order valence-electron chi connectivity index (χ3n) is 3.13. The van der Waals surface area contributed by atoms with E-state index < -0.39 is 0 Å². The van der Waals surface area contributed by atoms with Crippen molar-refractivity contribution in [2.24, 2.45) is 0 Å². The lowest BCUT2D eigenvalue weighted by Gasteiger charge is -2.26. The fourth-order valence-corrected chi connectivity index (χ4v) is 3.03. The number of thioether (sulfide) groups is 1. The zero-order valence-electron chi connectivity index (χ0n) is 11.4. The predicted octanol–water partition coefficient (Wildman–Crippen LogP) is 2.09. The van der Waals surface area contributed by atoms with Gasteiger partial charge in [-0.15, -0.1) is 11.8 Å². The molecule has 1 aromatic carbocycles. The number of benzene rings is 1. The van der Waals surface area contributed by atoms with Gasteiger partial charge in [-0.25, -0.2) is 0 Å². The summed E-state index contributed by atoms with van der Waals surface area (Å²) in [4.78, 5) is 3.64. The summed E-state index contributed by atoms with van der Waals surface area (Å²) in [5.74, 6) is 1.93. The largest absolute Gasteiger partial charge is 0.497 e. The van der Waals surface area contributed by atoms with Crippen molar-refractivity contribution in [2.75, 3.05) is 51.4 Å². The standard InChI is InChI=1S/C14H22N2O2S/c1-17-13-9-12(15)10-14(11-13)19-8-2-3-16-4-6-18-7-5-16/h9-11H,2-8,15H2,1H3. The van der Waals surface area contributed by atoms with Crippen LogP contribution in [0.25, 0.3) is 0 Å². The molecule has 1 aliphatic heterocycles. The van der Waals surface area contributed by atoms with Crippen LogP contribution >= 0.6 is 11.8 Å². The molecule has 1 aliphatic rings. The molecule has 1 heterocycles. The topological polar surface area (TPSA) is 47.7 Å². The maximum atomic E-state index is 5.84. The van der Waals surface area contributed by atoms with E-state index in [9.17, 15) is 0 Å². The van der Waals surface area contributed by atoms with Crippen LogP contribution in [0.3, 0.4) is 0 Å². The number of nitrogens with zero attached hydrogens (tertiary/aromatic N) is 1. The smallest absolute Gasteiger partial charge is 0.122 e. The second-order valence-electron chi connectivity index (χ2n) is 4.60. The predicted molar refractivity (Wildman–Crippen MR) is 80.0 cm³/mol. The first kappa shape index (κ1) is 14.5. The fraction of sp³-hybridized carbons (Fsp3) is 0.571. The van der Waals surface area contributed by atoms with E-state index in [1.54, 1.807) is 7.11 Å². The average molecular weight is 282 g/mol. The van der Waals surface area contributed by atoms with Gasteiger partial charge in [0.15, 0.2) is 0 Å². The number of anilines is 1. The lowest BCUT2D eigenvalue weighted by molar-refractivity contribution is 0.0381. The number of hydrogen-bond acceptors (Lipinski definition) is 5. The molecular weight excluding hydrogens is 260 g/mol. The second-order valence-corrected chi connectivity index (χ2v) is 5.77. The highest BCUT2D eigenvalue weighted by atomic mass is 32.2. The summed E-state index contributed by atoms with van der Waals surface area (Å²) in [5, 5.41) is 0. The molecule has 106 valence electrons. The van der Waals surface area contributed by atoms with Gasteiger partial charge in [-0.2, -0.15) is 0 Å². The minimum Gasteiger partial charge on any atom is -0.497 e. The van der Waals surface area contributed by atoms with Gasteiger partial charge in [0.25, 0.3) is 0 Å². The first-order valence-electron chi connectivity index (χ1n) is 6.65. The molecule has 5 heteroatoms. The lowest BCUT2D eigenvalue weighted by atomic mass is 10.3. The van der Waals surface area contributed by atoms with Crippen molar-refractivity contribution in [1.29, 1.82) is 0 Å². The fourth-order valence-electron chi connectivity index (χ4n) is 2.10. The molecule has 0 atom stereocenters. The lowest BCUT2D eigenvalue weighted by Crippen LogP contribution is -2.36. The van der Waals surface area contributed by atoms with Crippen LogP contribution in [0.15, 0.2) is 23.1 Å². The van der Waals surface area contributed by atoms with Gasteiger partial charge in [0.2, 0.25) is 0 Å². The third kappa shape index (κ3) is 4.93. The number of nitrogens with two attached hydrogens (primary N) is 1. The Bertz CT molecular complexity index is 395. The summed E-state index contributed by atoms with van der Waals surface area (Å²) in [6.07, 6.45) is 1.18. The highest BCUT2D eigenvalue weighted by molar-refractivity contribution is 7.99. The molecule has 0 radical (unpaired) electrons. The van der Waals surface area contributed by atoms with E-state index in [1.807, 2.05) is 30.0 Å². The Morgan fingerprint density at radius 2 is 2.11 bits per heavy atom. The summed E-state index contributed by atoms with van der Waals surface area (Å²) in [6, 6.07) is 5.88. The number of methoxy groups -OCH3 is 1. The van der Waals surface area contributed by atoms with Gasteiger partial charge in [-0.05, 0) is 30.9 Å². The molecule has 1 saturated heterocycles. The zero-order chi connectivity index (χ0) is 13.5. The van der Waals surface area contributed by atoms with Crippen molar-refractivity contribution in [3.8, 4) is 5.75 Å². The molecule has 0 aromatic heterocycles. The van der Waals surface area contributed by atoms with E-state index in [-0.39, 0.29) is 0 Å². The molecule has 1 aromatic rings. The molecule has 19 heavy (non-hydrogen) atoms. The molecular formula is C14H22N2O2S. The van der Waals surface area contributed by atoms with Crippen LogP contribution in [0.1, 0.15) is 6.42 Å². The quantitative estimate of drug-likeness (QED) is 0.492. The van der Waals surface area contributed by atoms with Crippen molar-refractivity contribution in [3.63, 3.8) is 0 Å². The zero-order valence-corrected chi connectivity index (χ0v) is 12.2. The van der Waals surface area contributed by atoms with Crippen LogP contribution in [0.5, 0.6) is 5.75 Å². The van der Waals surface area contributed by atoms with Gasteiger partial charge in [0.05, 0.1) is 20.3 Å². The molecule has 0 aliphatic carbocycles. The van der Waals surface area contributed by atoms with E-state index in [0.717, 1.165) is 50.0 Å². The minimum absolute atomic E-state index is 0.759. The normalized spacial score (nSPS) is 16.5. The van der Waals surface area contributed by atoms with Crippen LogP contribution in [0, 0.1) is 0 Å². The van der Waals surface area contributed by atoms with Crippen molar-refractivity contribution >= 4 is 17.4 Å². The van der Waals surface area contributed by atoms with Gasteiger partial charge < -0.3 is 15.2 Å². The van der Waals surface area contributed by atoms with Gasteiger partial charge in [-0.3, -0.25) is 4.90 Å². The molecule has 1 fully saturated rings. The Hall–Kier alpha value is -0.910. The average Bonchev–Trinajstić information content (AvgIpc) is 2.44. The van der Waals surface area contributed by atoms with Gasteiger partial charge >= 0.3 is 0 Å². The van der Waals surface area contributed by atoms with Gasteiger partial charge in [0.1, 0.15) is 5.75 Å². The number of morpholine rings is 1. The number of rotatable bonds is 6.